The summed E-state index contributed by atoms with van der Waals surface area (Å²) in [5.41, 5.74) is 2.61. The van der Waals surface area contributed by atoms with Crippen molar-refractivity contribution in [2.75, 3.05) is 19.1 Å². The predicted octanol–water partition coefficient (Wildman–Crippen LogP) is 4.64. The third kappa shape index (κ3) is 3.60. The number of ether oxygens (including phenoxy) is 2. The van der Waals surface area contributed by atoms with Crippen LogP contribution in [-0.2, 0) is 9.59 Å². The van der Waals surface area contributed by atoms with E-state index < -0.39 is 17.7 Å². The number of carbonyl (C=O) groups excluding carboxylic acids is 2. The minimum atomic E-state index is -0.836. The van der Waals surface area contributed by atoms with Gasteiger partial charge in [0.2, 0.25) is 0 Å². The molecule has 1 saturated heterocycles. The van der Waals surface area contributed by atoms with Crippen LogP contribution in [0.1, 0.15) is 22.7 Å². The van der Waals surface area contributed by atoms with Crippen molar-refractivity contribution in [3.05, 3.63) is 95.1 Å². The lowest BCUT2D eigenvalue weighted by Crippen LogP contribution is -2.29. The number of Topliss-reactive ketones (excluding diaryl/α,β-unsaturated/α-hetero) is 1. The Morgan fingerprint density at radius 3 is 2.25 bits per heavy atom. The van der Waals surface area contributed by atoms with Crippen molar-refractivity contribution in [1.82, 2.24) is 0 Å². The fourth-order valence-corrected chi connectivity index (χ4v) is 3.97. The number of aliphatic hydroxyl groups excluding tert-OH is 1. The molecule has 1 unspecified atom stereocenters. The van der Waals surface area contributed by atoms with E-state index in [0.717, 1.165) is 5.56 Å². The maximum Gasteiger partial charge on any atom is 0.300 e. The van der Waals surface area contributed by atoms with Gasteiger partial charge in [-0.1, -0.05) is 48.5 Å². The molecule has 0 aliphatic carbocycles. The van der Waals surface area contributed by atoms with Gasteiger partial charge in [-0.2, -0.15) is 0 Å². The van der Waals surface area contributed by atoms with Crippen LogP contribution in [0.15, 0.2) is 78.4 Å². The number of benzene rings is 3. The maximum atomic E-state index is 13.2. The molecule has 32 heavy (non-hydrogen) atoms. The van der Waals surface area contributed by atoms with E-state index in [0.29, 0.717) is 28.3 Å². The van der Waals surface area contributed by atoms with Crippen LogP contribution in [0.2, 0.25) is 0 Å². The van der Waals surface area contributed by atoms with E-state index in [1.165, 1.54) is 19.1 Å². The van der Waals surface area contributed by atoms with Gasteiger partial charge in [0.25, 0.3) is 11.7 Å². The summed E-state index contributed by atoms with van der Waals surface area (Å²) in [5.74, 6) is -0.689. The van der Waals surface area contributed by atoms with Crippen molar-refractivity contribution in [2.24, 2.45) is 0 Å². The summed E-state index contributed by atoms with van der Waals surface area (Å²) in [7, 11) is 3.05. The largest absolute Gasteiger partial charge is 0.507 e. The highest BCUT2D eigenvalue weighted by molar-refractivity contribution is 6.51. The summed E-state index contributed by atoms with van der Waals surface area (Å²) in [6.07, 6.45) is 0. The van der Waals surface area contributed by atoms with Gasteiger partial charge in [-0.05, 0) is 42.3 Å². The van der Waals surface area contributed by atoms with Gasteiger partial charge in [0, 0.05) is 11.3 Å². The molecule has 6 heteroatoms. The molecule has 1 fully saturated rings. The highest BCUT2D eigenvalue weighted by Crippen LogP contribution is 2.44. The summed E-state index contributed by atoms with van der Waals surface area (Å²) in [5, 5.41) is 11.1. The third-order valence-corrected chi connectivity index (χ3v) is 5.49. The van der Waals surface area contributed by atoms with E-state index in [1.807, 2.05) is 31.2 Å². The first kappa shape index (κ1) is 21.2. The number of rotatable bonds is 5. The summed E-state index contributed by atoms with van der Waals surface area (Å²) < 4.78 is 10.8. The molecule has 0 aromatic heterocycles. The third-order valence-electron chi connectivity index (χ3n) is 5.49. The highest BCUT2D eigenvalue weighted by atomic mass is 16.5. The quantitative estimate of drug-likeness (QED) is 0.363. The zero-order valence-corrected chi connectivity index (χ0v) is 18.0. The van der Waals surface area contributed by atoms with Crippen molar-refractivity contribution >= 4 is 23.1 Å². The molecule has 1 amide bonds. The molecule has 1 aliphatic rings. The lowest BCUT2D eigenvalue weighted by atomic mass is 9.94. The maximum absolute atomic E-state index is 13.2. The van der Waals surface area contributed by atoms with Gasteiger partial charge in [-0.25, -0.2) is 0 Å². The molecule has 1 heterocycles. The molecule has 1 N–H and O–H groups in total. The minimum absolute atomic E-state index is 0.0231. The first-order valence-electron chi connectivity index (χ1n) is 10.1. The second-order valence-corrected chi connectivity index (χ2v) is 7.49. The lowest BCUT2D eigenvalue weighted by Gasteiger charge is -2.26. The van der Waals surface area contributed by atoms with Crippen LogP contribution in [0.5, 0.6) is 11.5 Å². The molecule has 4 rings (SSSR count). The number of hydrogen-bond acceptors (Lipinski definition) is 5. The molecular formula is C26H23NO5. The van der Waals surface area contributed by atoms with Crippen LogP contribution in [0, 0.1) is 6.92 Å². The Morgan fingerprint density at radius 2 is 1.59 bits per heavy atom. The summed E-state index contributed by atoms with van der Waals surface area (Å²) in [6.45, 7) is 1.91. The number of aryl methyl sites for hydroxylation is 1. The molecule has 0 spiro atoms. The van der Waals surface area contributed by atoms with Gasteiger partial charge in [-0.3, -0.25) is 14.5 Å². The Bertz CT molecular complexity index is 1220. The highest BCUT2D eigenvalue weighted by Gasteiger charge is 2.47. The topological polar surface area (TPSA) is 76.1 Å². The molecule has 1 atom stereocenters. The normalized spacial score (nSPS) is 17.5. The fraction of sp³-hybridized carbons (Fsp3) is 0.154. The number of aliphatic hydroxyl groups is 1. The van der Waals surface area contributed by atoms with Crippen LogP contribution in [0.25, 0.3) is 5.76 Å². The second kappa shape index (κ2) is 8.59. The SMILES string of the molecule is COc1ccc(C2/C(=C(\O)c3ccccc3)C(=O)C(=O)N2c2cccc(C)c2)cc1OC. The van der Waals surface area contributed by atoms with E-state index in [4.69, 9.17) is 9.47 Å². The molecule has 162 valence electrons. The average molecular weight is 429 g/mol. The van der Waals surface area contributed by atoms with Crippen molar-refractivity contribution < 1.29 is 24.2 Å². The monoisotopic (exact) mass is 429 g/mol. The minimum Gasteiger partial charge on any atom is -0.507 e. The van der Waals surface area contributed by atoms with E-state index in [1.54, 1.807) is 48.5 Å². The fourth-order valence-electron chi connectivity index (χ4n) is 3.97. The summed E-state index contributed by atoms with van der Waals surface area (Å²) >= 11 is 0. The van der Waals surface area contributed by atoms with Gasteiger partial charge in [0.1, 0.15) is 5.76 Å². The van der Waals surface area contributed by atoms with Crippen molar-refractivity contribution in [1.29, 1.82) is 0 Å². The van der Waals surface area contributed by atoms with Gasteiger partial charge < -0.3 is 14.6 Å². The van der Waals surface area contributed by atoms with Crippen LogP contribution in [0.4, 0.5) is 5.69 Å². The number of ketones is 1. The van der Waals surface area contributed by atoms with Crippen LogP contribution >= 0.6 is 0 Å². The van der Waals surface area contributed by atoms with Gasteiger partial charge in [0.15, 0.2) is 11.5 Å². The lowest BCUT2D eigenvalue weighted by molar-refractivity contribution is -0.132. The zero-order chi connectivity index (χ0) is 22.8. The number of anilines is 1. The smallest absolute Gasteiger partial charge is 0.300 e. The number of nitrogens with zero attached hydrogens (tertiary/aromatic N) is 1. The van der Waals surface area contributed by atoms with Crippen molar-refractivity contribution in [2.45, 2.75) is 13.0 Å². The number of methoxy groups -OCH3 is 2. The van der Waals surface area contributed by atoms with E-state index in [2.05, 4.69) is 0 Å². The molecule has 1 aliphatic heterocycles. The number of carbonyl (C=O) groups is 2. The first-order valence-corrected chi connectivity index (χ1v) is 10.1. The number of amides is 1. The Balaban J connectivity index is 1.97. The molecule has 0 saturated carbocycles. The van der Waals surface area contributed by atoms with Crippen LogP contribution in [0.3, 0.4) is 0 Å². The van der Waals surface area contributed by atoms with Crippen molar-refractivity contribution in [3.8, 4) is 11.5 Å². The molecule has 0 bridgehead atoms. The van der Waals surface area contributed by atoms with Crippen molar-refractivity contribution in [3.63, 3.8) is 0 Å². The van der Waals surface area contributed by atoms with Gasteiger partial charge in [0.05, 0.1) is 25.8 Å². The Kier molecular flexibility index (Phi) is 5.69. The van der Waals surface area contributed by atoms with Crippen LogP contribution in [-0.4, -0.2) is 31.0 Å². The molecule has 0 radical (unpaired) electrons. The number of hydrogen-bond donors (Lipinski definition) is 1. The molecule has 3 aromatic rings. The van der Waals surface area contributed by atoms with Crippen LogP contribution < -0.4 is 14.4 Å². The molecule has 6 nitrogen and oxygen atoms in total. The summed E-state index contributed by atoms with van der Waals surface area (Å²) in [4.78, 5) is 27.8. The van der Waals surface area contributed by atoms with E-state index in [-0.39, 0.29) is 11.3 Å². The standard InChI is InChI=1S/C26H23NO5/c1-16-8-7-11-19(14-16)27-23(18-12-13-20(31-2)21(15-18)32-3)22(25(29)26(27)30)24(28)17-9-5-4-6-10-17/h4-15,23,28H,1-3H3/b24-22+. The van der Waals surface area contributed by atoms with Gasteiger partial charge >= 0.3 is 0 Å². The first-order chi connectivity index (χ1) is 15.5. The van der Waals surface area contributed by atoms with E-state index >= 15 is 0 Å². The summed E-state index contributed by atoms with van der Waals surface area (Å²) in [6, 6.07) is 20.4. The molecular weight excluding hydrogens is 406 g/mol. The van der Waals surface area contributed by atoms with Gasteiger partial charge in [-0.15, -0.1) is 0 Å². The molecule has 3 aromatic carbocycles. The zero-order valence-electron chi connectivity index (χ0n) is 18.0. The average Bonchev–Trinajstić information content (AvgIpc) is 3.09. The Labute approximate surface area is 186 Å². The Hall–Kier alpha value is -4.06. The second-order valence-electron chi connectivity index (χ2n) is 7.49. The van der Waals surface area contributed by atoms with E-state index in [9.17, 15) is 14.7 Å². The predicted molar refractivity (Wildman–Crippen MR) is 122 cm³/mol. The Morgan fingerprint density at radius 1 is 0.875 bits per heavy atom.